The highest BCUT2D eigenvalue weighted by Gasteiger charge is 1.97. The molecule has 0 radical (unpaired) electrons. The molecule has 0 saturated carbocycles. The lowest BCUT2D eigenvalue weighted by atomic mass is 10.2. The second-order valence-corrected chi connectivity index (χ2v) is 3.03. The zero-order valence-electron chi connectivity index (χ0n) is 8.07. The molecule has 0 fully saturated rings. The van der Waals surface area contributed by atoms with E-state index in [0.29, 0.717) is 6.54 Å². The van der Waals surface area contributed by atoms with E-state index in [4.69, 9.17) is 5.73 Å². The molecule has 0 bridgehead atoms. The molecule has 0 saturated heterocycles. The summed E-state index contributed by atoms with van der Waals surface area (Å²) >= 11 is 0. The molecule has 0 spiro atoms. The van der Waals surface area contributed by atoms with E-state index in [9.17, 15) is 4.79 Å². The summed E-state index contributed by atoms with van der Waals surface area (Å²) in [6.07, 6.45) is 4.45. The van der Waals surface area contributed by atoms with Gasteiger partial charge >= 0.3 is 0 Å². The highest BCUT2D eigenvalue weighted by molar-refractivity contribution is 5.82. The van der Waals surface area contributed by atoms with Crippen molar-refractivity contribution in [2.75, 3.05) is 19.6 Å². The number of hydrogen-bond acceptors (Lipinski definition) is 4. The maximum Gasteiger partial charge on any atom is 0.160 e. The Labute approximate surface area is 83.5 Å². The van der Waals surface area contributed by atoms with Gasteiger partial charge < -0.3 is 11.1 Å². The molecule has 76 valence electrons. The van der Waals surface area contributed by atoms with Crippen molar-refractivity contribution in [1.82, 2.24) is 10.3 Å². The Balaban J connectivity index is 2.13. The molecule has 0 aromatic carbocycles. The lowest BCUT2D eigenvalue weighted by molar-refractivity contribution is -0.116. The number of carbonyl (C=O) groups is 1. The van der Waals surface area contributed by atoms with Crippen LogP contribution in [0.15, 0.2) is 24.5 Å². The fraction of sp³-hybridized carbons (Fsp3) is 0.400. The van der Waals surface area contributed by atoms with Crippen LogP contribution < -0.4 is 11.1 Å². The number of nitrogens with two attached hydrogens (primary N) is 1. The monoisotopic (exact) mass is 193 g/mol. The molecule has 0 amide bonds. The van der Waals surface area contributed by atoms with Crippen LogP contribution >= 0.6 is 0 Å². The van der Waals surface area contributed by atoms with Gasteiger partial charge in [0.05, 0.1) is 13.1 Å². The molecule has 1 rings (SSSR count). The average molecular weight is 193 g/mol. The molecule has 4 nitrogen and oxygen atoms in total. The van der Waals surface area contributed by atoms with Crippen LogP contribution in [0.3, 0.4) is 0 Å². The van der Waals surface area contributed by atoms with Crippen molar-refractivity contribution in [3.8, 4) is 0 Å². The van der Waals surface area contributed by atoms with Gasteiger partial charge in [-0.3, -0.25) is 9.78 Å². The SMILES string of the molecule is NCC(=O)CNCCc1cccnc1. The smallest absolute Gasteiger partial charge is 0.160 e. The maximum atomic E-state index is 10.8. The first-order chi connectivity index (χ1) is 6.83. The molecule has 4 heteroatoms. The Morgan fingerprint density at radius 1 is 1.57 bits per heavy atom. The third-order valence-corrected chi connectivity index (χ3v) is 1.86. The fourth-order valence-electron chi connectivity index (χ4n) is 1.08. The van der Waals surface area contributed by atoms with Gasteiger partial charge in [0.25, 0.3) is 0 Å². The highest BCUT2D eigenvalue weighted by Crippen LogP contribution is 1.94. The predicted molar refractivity (Wildman–Crippen MR) is 54.9 cm³/mol. The molecular formula is C10H15N3O. The van der Waals surface area contributed by atoms with Crippen LogP contribution in [0.1, 0.15) is 5.56 Å². The second-order valence-electron chi connectivity index (χ2n) is 3.03. The molecule has 3 N–H and O–H groups in total. The van der Waals surface area contributed by atoms with Crippen LogP contribution in [-0.4, -0.2) is 30.4 Å². The van der Waals surface area contributed by atoms with Gasteiger partial charge in [-0.2, -0.15) is 0 Å². The van der Waals surface area contributed by atoms with Crippen molar-refractivity contribution in [1.29, 1.82) is 0 Å². The molecule has 0 aliphatic heterocycles. The number of pyridine rings is 1. The minimum atomic E-state index is 0.0381. The lowest BCUT2D eigenvalue weighted by Gasteiger charge is -2.02. The number of aromatic nitrogens is 1. The van der Waals surface area contributed by atoms with Crippen LogP contribution in [-0.2, 0) is 11.2 Å². The summed E-state index contributed by atoms with van der Waals surface area (Å²) in [5, 5.41) is 3.03. The summed E-state index contributed by atoms with van der Waals surface area (Å²) in [4.78, 5) is 14.8. The van der Waals surface area contributed by atoms with Crippen LogP contribution in [0.5, 0.6) is 0 Å². The van der Waals surface area contributed by atoms with Crippen molar-refractivity contribution in [3.63, 3.8) is 0 Å². The van der Waals surface area contributed by atoms with Gasteiger partial charge in [0.2, 0.25) is 0 Å². The average Bonchev–Trinajstić information content (AvgIpc) is 2.25. The Morgan fingerprint density at radius 3 is 3.07 bits per heavy atom. The quantitative estimate of drug-likeness (QED) is 0.611. The van der Waals surface area contributed by atoms with Gasteiger partial charge in [0.1, 0.15) is 0 Å². The first-order valence-electron chi connectivity index (χ1n) is 4.64. The zero-order valence-corrected chi connectivity index (χ0v) is 8.07. The Morgan fingerprint density at radius 2 is 2.43 bits per heavy atom. The Kier molecular flexibility index (Phi) is 4.82. The number of rotatable bonds is 6. The summed E-state index contributed by atoms with van der Waals surface area (Å²) in [6.45, 7) is 1.24. The van der Waals surface area contributed by atoms with Crippen LogP contribution in [0.4, 0.5) is 0 Å². The zero-order chi connectivity index (χ0) is 10.2. The van der Waals surface area contributed by atoms with Gasteiger partial charge in [-0.15, -0.1) is 0 Å². The first-order valence-corrected chi connectivity index (χ1v) is 4.64. The van der Waals surface area contributed by atoms with E-state index in [1.54, 1.807) is 6.20 Å². The number of nitrogens with one attached hydrogen (secondary N) is 1. The molecule has 0 atom stereocenters. The van der Waals surface area contributed by atoms with Gasteiger partial charge in [0.15, 0.2) is 5.78 Å². The fourth-order valence-corrected chi connectivity index (χ4v) is 1.08. The molecule has 1 aromatic heterocycles. The van der Waals surface area contributed by atoms with E-state index >= 15 is 0 Å². The normalized spacial score (nSPS) is 10.1. The number of carbonyl (C=O) groups excluding carboxylic acids is 1. The van der Waals surface area contributed by atoms with Crippen LogP contribution in [0.2, 0.25) is 0 Å². The van der Waals surface area contributed by atoms with E-state index in [2.05, 4.69) is 10.3 Å². The van der Waals surface area contributed by atoms with E-state index < -0.39 is 0 Å². The standard InChI is InChI=1S/C10H15N3O/c11-6-10(14)8-13-5-3-9-2-1-4-12-7-9/h1-2,4,7,13H,3,5-6,8,11H2. The van der Waals surface area contributed by atoms with E-state index in [-0.39, 0.29) is 12.3 Å². The molecular weight excluding hydrogens is 178 g/mol. The van der Waals surface area contributed by atoms with Gasteiger partial charge in [-0.1, -0.05) is 6.07 Å². The Bertz CT molecular complexity index is 274. The van der Waals surface area contributed by atoms with Gasteiger partial charge in [0, 0.05) is 12.4 Å². The van der Waals surface area contributed by atoms with Crippen molar-refractivity contribution >= 4 is 5.78 Å². The highest BCUT2D eigenvalue weighted by atomic mass is 16.1. The predicted octanol–water partition coefficient (Wildman–Crippen LogP) is -0.258. The van der Waals surface area contributed by atoms with Crippen molar-refractivity contribution in [2.24, 2.45) is 5.73 Å². The second kappa shape index (κ2) is 6.23. The third kappa shape index (κ3) is 4.11. The summed E-state index contributed by atoms with van der Waals surface area (Å²) in [7, 11) is 0. The maximum absolute atomic E-state index is 10.8. The summed E-state index contributed by atoms with van der Waals surface area (Å²) < 4.78 is 0. The first kappa shape index (κ1) is 10.8. The molecule has 0 unspecified atom stereocenters. The third-order valence-electron chi connectivity index (χ3n) is 1.86. The number of ketones is 1. The minimum absolute atomic E-state index is 0.0381. The van der Waals surface area contributed by atoms with Crippen LogP contribution in [0, 0.1) is 0 Å². The van der Waals surface area contributed by atoms with E-state index in [0.717, 1.165) is 13.0 Å². The topological polar surface area (TPSA) is 68.0 Å². The van der Waals surface area contributed by atoms with E-state index in [1.807, 2.05) is 18.3 Å². The molecule has 14 heavy (non-hydrogen) atoms. The lowest BCUT2D eigenvalue weighted by Crippen LogP contribution is -2.29. The van der Waals surface area contributed by atoms with Crippen molar-refractivity contribution in [2.45, 2.75) is 6.42 Å². The molecule has 1 aromatic rings. The largest absolute Gasteiger partial charge is 0.324 e. The number of nitrogens with zero attached hydrogens (tertiary/aromatic N) is 1. The van der Waals surface area contributed by atoms with E-state index in [1.165, 1.54) is 5.56 Å². The number of Topliss-reactive ketones (excluding diaryl/α,β-unsaturated/α-hetero) is 1. The summed E-state index contributed by atoms with van der Waals surface area (Å²) in [6, 6.07) is 3.92. The molecule has 1 heterocycles. The minimum Gasteiger partial charge on any atom is -0.324 e. The van der Waals surface area contributed by atoms with Crippen molar-refractivity contribution in [3.05, 3.63) is 30.1 Å². The summed E-state index contributed by atoms with van der Waals surface area (Å²) in [5.41, 5.74) is 6.33. The van der Waals surface area contributed by atoms with Gasteiger partial charge in [-0.05, 0) is 24.6 Å². The van der Waals surface area contributed by atoms with Crippen molar-refractivity contribution < 1.29 is 4.79 Å². The molecule has 0 aliphatic rings. The van der Waals surface area contributed by atoms with Gasteiger partial charge in [-0.25, -0.2) is 0 Å². The molecule has 0 aliphatic carbocycles. The van der Waals surface area contributed by atoms with Crippen LogP contribution in [0.25, 0.3) is 0 Å². The Hall–Kier alpha value is -1.26. The summed E-state index contributed by atoms with van der Waals surface area (Å²) in [5.74, 6) is 0.0381. The number of hydrogen-bond donors (Lipinski definition) is 2.